The van der Waals surface area contributed by atoms with Gasteiger partial charge in [0.15, 0.2) is 0 Å². The molecular weight excluding hydrogens is 308 g/mol. The van der Waals surface area contributed by atoms with E-state index in [1.165, 1.54) is 10.4 Å². The Labute approximate surface area is 140 Å². The van der Waals surface area contributed by atoms with Crippen LogP contribution in [0, 0.1) is 0 Å². The molecule has 0 aliphatic carbocycles. The van der Waals surface area contributed by atoms with Crippen molar-refractivity contribution in [3.05, 3.63) is 52.0 Å². The van der Waals surface area contributed by atoms with Crippen LogP contribution in [-0.4, -0.2) is 42.1 Å². The molecular formula is C17H22N4OS. The number of carbonyl (C=O) groups is 1. The van der Waals surface area contributed by atoms with E-state index in [4.69, 9.17) is 0 Å². The van der Waals surface area contributed by atoms with Gasteiger partial charge >= 0.3 is 6.03 Å². The average Bonchev–Trinajstić information content (AvgIpc) is 3.03. The SMILES string of the molecule is O=C(NCCc1ccccn1)NCCN1CCc2sccc2C1. The van der Waals surface area contributed by atoms with Crippen LogP contribution in [0.3, 0.4) is 0 Å². The lowest BCUT2D eigenvalue weighted by Gasteiger charge is -2.26. The van der Waals surface area contributed by atoms with Crippen LogP contribution in [0.4, 0.5) is 4.79 Å². The van der Waals surface area contributed by atoms with Crippen molar-refractivity contribution in [3.8, 4) is 0 Å². The van der Waals surface area contributed by atoms with E-state index < -0.39 is 0 Å². The van der Waals surface area contributed by atoms with Crippen LogP contribution in [0.25, 0.3) is 0 Å². The number of aromatic nitrogens is 1. The standard InChI is InChI=1S/C17H22N4OS/c22-17(19-8-4-15-3-1-2-7-18-15)20-9-11-21-10-5-16-14(13-21)6-12-23-16/h1-3,6-7,12H,4-5,8-11,13H2,(H2,19,20,22). The van der Waals surface area contributed by atoms with Crippen molar-refractivity contribution in [1.82, 2.24) is 20.5 Å². The van der Waals surface area contributed by atoms with Gasteiger partial charge in [0.25, 0.3) is 0 Å². The molecule has 122 valence electrons. The molecule has 0 saturated heterocycles. The molecule has 2 amide bonds. The van der Waals surface area contributed by atoms with Gasteiger partial charge in [-0.15, -0.1) is 11.3 Å². The number of hydrogen-bond acceptors (Lipinski definition) is 4. The lowest BCUT2D eigenvalue weighted by molar-refractivity contribution is 0.231. The first-order valence-electron chi connectivity index (χ1n) is 8.00. The Morgan fingerprint density at radius 1 is 1.26 bits per heavy atom. The lowest BCUT2D eigenvalue weighted by atomic mass is 10.1. The zero-order chi connectivity index (χ0) is 15.9. The Hall–Kier alpha value is -1.92. The Morgan fingerprint density at radius 3 is 3.04 bits per heavy atom. The molecule has 3 rings (SSSR count). The largest absolute Gasteiger partial charge is 0.338 e. The molecule has 6 heteroatoms. The van der Waals surface area contributed by atoms with Crippen molar-refractivity contribution in [3.63, 3.8) is 0 Å². The van der Waals surface area contributed by atoms with Crippen molar-refractivity contribution in [2.24, 2.45) is 0 Å². The Kier molecular flexibility index (Phi) is 5.60. The highest BCUT2D eigenvalue weighted by molar-refractivity contribution is 7.10. The predicted octanol–water partition coefficient (Wildman–Crippen LogP) is 2.04. The average molecular weight is 330 g/mol. The van der Waals surface area contributed by atoms with Crippen molar-refractivity contribution >= 4 is 17.4 Å². The number of thiophene rings is 1. The van der Waals surface area contributed by atoms with Crippen LogP contribution in [0.5, 0.6) is 0 Å². The molecule has 0 bridgehead atoms. The Bertz CT molecular complexity index is 629. The first kappa shape index (κ1) is 16.0. The predicted molar refractivity (Wildman–Crippen MR) is 92.6 cm³/mol. The van der Waals surface area contributed by atoms with Crippen molar-refractivity contribution in [2.45, 2.75) is 19.4 Å². The highest BCUT2D eigenvalue weighted by atomic mass is 32.1. The minimum absolute atomic E-state index is 0.103. The van der Waals surface area contributed by atoms with E-state index in [1.54, 1.807) is 6.20 Å². The van der Waals surface area contributed by atoms with Gasteiger partial charge in [-0.2, -0.15) is 0 Å². The summed E-state index contributed by atoms with van der Waals surface area (Å²) in [5.74, 6) is 0. The quantitative estimate of drug-likeness (QED) is 0.852. The number of urea groups is 1. The summed E-state index contributed by atoms with van der Waals surface area (Å²) in [7, 11) is 0. The van der Waals surface area contributed by atoms with Crippen molar-refractivity contribution < 1.29 is 4.79 Å². The second-order valence-corrected chi connectivity index (χ2v) is 6.65. The number of nitrogens with one attached hydrogen (secondary N) is 2. The van der Waals surface area contributed by atoms with E-state index in [9.17, 15) is 4.79 Å². The number of nitrogens with zero attached hydrogens (tertiary/aromatic N) is 2. The van der Waals surface area contributed by atoms with Gasteiger partial charge < -0.3 is 10.6 Å². The first-order valence-corrected chi connectivity index (χ1v) is 8.88. The maximum Gasteiger partial charge on any atom is 0.314 e. The van der Waals surface area contributed by atoms with E-state index in [1.807, 2.05) is 29.5 Å². The number of hydrogen-bond donors (Lipinski definition) is 2. The molecule has 0 aromatic carbocycles. The highest BCUT2D eigenvalue weighted by Crippen LogP contribution is 2.23. The summed E-state index contributed by atoms with van der Waals surface area (Å²) in [6.07, 6.45) is 3.65. The molecule has 2 aromatic rings. The fourth-order valence-corrected chi connectivity index (χ4v) is 3.63. The summed E-state index contributed by atoms with van der Waals surface area (Å²) in [6.45, 7) is 4.25. The molecule has 1 aliphatic heterocycles. The summed E-state index contributed by atoms with van der Waals surface area (Å²) in [5, 5.41) is 7.97. The minimum Gasteiger partial charge on any atom is -0.338 e. The summed E-state index contributed by atoms with van der Waals surface area (Å²) in [4.78, 5) is 19.9. The molecule has 0 unspecified atom stereocenters. The third kappa shape index (κ3) is 4.77. The molecule has 1 aliphatic rings. The zero-order valence-electron chi connectivity index (χ0n) is 13.1. The van der Waals surface area contributed by atoms with Crippen LogP contribution in [0.15, 0.2) is 35.8 Å². The van der Waals surface area contributed by atoms with Crippen molar-refractivity contribution in [2.75, 3.05) is 26.2 Å². The highest BCUT2D eigenvalue weighted by Gasteiger charge is 2.16. The van der Waals surface area contributed by atoms with Gasteiger partial charge in [0.05, 0.1) is 0 Å². The maximum absolute atomic E-state index is 11.8. The lowest BCUT2D eigenvalue weighted by Crippen LogP contribution is -2.42. The molecule has 2 N–H and O–H groups in total. The first-order chi connectivity index (χ1) is 11.3. The van der Waals surface area contributed by atoms with E-state index in [0.29, 0.717) is 13.1 Å². The molecule has 0 atom stereocenters. The topological polar surface area (TPSA) is 57.3 Å². The van der Waals surface area contributed by atoms with Crippen LogP contribution < -0.4 is 10.6 Å². The Morgan fingerprint density at radius 2 is 2.17 bits per heavy atom. The van der Waals surface area contributed by atoms with Crippen LogP contribution >= 0.6 is 11.3 Å². The fraction of sp³-hybridized carbons (Fsp3) is 0.412. The van der Waals surface area contributed by atoms with E-state index in [-0.39, 0.29) is 6.03 Å². The molecule has 3 heterocycles. The Balaban J connectivity index is 1.29. The van der Waals surface area contributed by atoms with Crippen LogP contribution in [0.1, 0.15) is 16.1 Å². The van der Waals surface area contributed by atoms with Gasteiger partial charge in [-0.1, -0.05) is 6.07 Å². The smallest absolute Gasteiger partial charge is 0.314 e. The molecule has 0 radical (unpaired) electrons. The molecule has 5 nitrogen and oxygen atoms in total. The third-order valence-electron chi connectivity index (χ3n) is 3.99. The number of pyridine rings is 1. The summed E-state index contributed by atoms with van der Waals surface area (Å²) in [6, 6.07) is 7.93. The number of fused-ring (bicyclic) bond motifs is 1. The van der Waals surface area contributed by atoms with E-state index >= 15 is 0 Å². The van der Waals surface area contributed by atoms with Crippen LogP contribution in [-0.2, 0) is 19.4 Å². The number of carbonyl (C=O) groups excluding carboxylic acids is 1. The zero-order valence-corrected chi connectivity index (χ0v) is 13.9. The van der Waals surface area contributed by atoms with Gasteiger partial charge in [0, 0.05) is 55.9 Å². The fourth-order valence-electron chi connectivity index (χ4n) is 2.74. The molecule has 23 heavy (non-hydrogen) atoms. The van der Waals surface area contributed by atoms with E-state index in [2.05, 4.69) is 32.0 Å². The third-order valence-corrected chi connectivity index (χ3v) is 5.02. The number of amides is 2. The normalized spacial score (nSPS) is 14.3. The van der Waals surface area contributed by atoms with Gasteiger partial charge in [0.1, 0.15) is 0 Å². The summed E-state index contributed by atoms with van der Waals surface area (Å²) >= 11 is 1.85. The maximum atomic E-state index is 11.8. The second-order valence-electron chi connectivity index (χ2n) is 5.65. The van der Waals surface area contributed by atoms with Gasteiger partial charge in [-0.05, 0) is 35.6 Å². The summed E-state index contributed by atoms with van der Waals surface area (Å²) in [5.41, 5.74) is 2.44. The van der Waals surface area contributed by atoms with E-state index in [0.717, 1.165) is 38.2 Å². The van der Waals surface area contributed by atoms with Gasteiger partial charge in [-0.25, -0.2) is 4.79 Å². The van der Waals surface area contributed by atoms with Gasteiger partial charge in [-0.3, -0.25) is 9.88 Å². The molecule has 0 fully saturated rings. The van der Waals surface area contributed by atoms with Gasteiger partial charge in [0.2, 0.25) is 0 Å². The monoisotopic (exact) mass is 330 g/mol. The van der Waals surface area contributed by atoms with Crippen LogP contribution in [0.2, 0.25) is 0 Å². The number of rotatable bonds is 6. The molecule has 0 spiro atoms. The van der Waals surface area contributed by atoms with Crippen molar-refractivity contribution in [1.29, 1.82) is 0 Å². The summed E-state index contributed by atoms with van der Waals surface area (Å²) < 4.78 is 0. The molecule has 2 aromatic heterocycles. The second kappa shape index (κ2) is 8.08. The minimum atomic E-state index is -0.103. The molecule has 0 saturated carbocycles.